The number of hydrogen-bond acceptors (Lipinski definition) is 2. The molecule has 0 aliphatic heterocycles. The molecule has 0 aliphatic carbocycles. The molecule has 0 rings (SSSR count). The summed E-state index contributed by atoms with van der Waals surface area (Å²) in [6, 6.07) is 0. The molecule has 0 aromatic carbocycles. The van der Waals surface area contributed by atoms with Gasteiger partial charge in [-0.1, -0.05) is 0 Å². The number of hydrogen-bond donors (Lipinski definition) is 2. The van der Waals surface area contributed by atoms with Crippen molar-refractivity contribution in [3.05, 3.63) is 0 Å². The van der Waals surface area contributed by atoms with Gasteiger partial charge in [0, 0.05) is 6.61 Å². The summed E-state index contributed by atoms with van der Waals surface area (Å²) < 4.78 is 0. The van der Waals surface area contributed by atoms with Crippen LogP contribution in [0, 0.1) is 0 Å². The molecule has 44 valence electrons. The molecule has 0 bridgehead atoms. The maximum absolute atomic E-state index is 8.57. The minimum Gasteiger partial charge on any atom is -0.396 e. The van der Waals surface area contributed by atoms with Crippen LogP contribution in [0.25, 0.3) is 0 Å². The summed E-state index contributed by atoms with van der Waals surface area (Å²) in [4.78, 5) is 0. The molecule has 0 aromatic rings. The molecular formula is C5H12O2. The van der Waals surface area contributed by atoms with Crippen molar-refractivity contribution in [2.45, 2.75) is 25.9 Å². The van der Waals surface area contributed by atoms with Gasteiger partial charge in [0.05, 0.1) is 6.10 Å². The van der Waals surface area contributed by atoms with E-state index in [-0.39, 0.29) is 12.7 Å². The van der Waals surface area contributed by atoms with Gasteiger partial charge >= 0.3 is 0 Å². The summed E-state index contributed by atoms with van der Waals surface area (Å²) in [5, 5.41) is 16.8. The summed E-state index contributed by atoms with van der Waals surface area (Å²) >= 11 is 0. The van der Waals surface area contributed by atoms with E-state index in [0.717, 1.165) is 0 Å². The summed E-state index contributed by atoms with van der Waals surface area (Å²) in [5.74, 6) is 0. The molecule has 0 spiro atoms. The highest BCUT2D eigenvalue weighted by Gasteiger charge is 1.90. The molecular weight excluding hydrogens is 92.1 g/mol. The van der Waals surface area contributed by atoms with Crippen LogP contribution in [0.15, 0.2) is 0 Å². The monoisotopic (exact) mass is 104 g/mol. The number of rotatable bonds is 3. The molecule has 1 atom stereocenters. The number of aliphatic hydroxyl groups excluding tert-OH is 2. The molecule has 2 nitrogen and oxygen atoms in total. The molecule has 7 heavy (non-hydrogen) atoms. The lowest BCUT2D eigenvalue weighted by molar-refractivity contribution is 0.167. The van der Waals surface area contributed by atoms with Crippen LogP contribution in [0.1, 0.15) is 19.8 Å². The quantitative estimate of drug-likeness (QED) is 0.534. The smallest absolute Gasteiger partial charge is 0.0513 e. The maximum Gasteiger partial charge on any atom is 0.0513 e. The molecule has 0 fully saturated rings. The fourth-order valence-electron chi connectivity index (χ4n) is 0.387. The standard InChI is InChI=1S/C5H12O2/c1-5(7)3-2-4-6/h5-7H,2-4H2,1H3. The Morgan fingerprint density at radius 2 is 2.14 bits per heavy atom. The van der Waals surface area contributed by atoms with Crippen molar-refractivity contribution in [1.29, 1.82) is 0 Å². The second-order valence-electron chi connectivity index (χ2n) is 1.71. The fourth-order valence-corrected chi connectivity index (χ4v) is 0.387. The Morgan fingerprint density at radius 3 is 2.29 bits per heavy atom. The van der Waals surface area contributed by atoms with Gasteiger partial charge < -0.3 is 10.2 Å². The van der Waals surface area contributed by atoms with E-state index in [1.807, 2.05) is 0 Å². The third kappa shape index (κ3) is 5.92. The Morgan fingerprint density at radius 1 is 1.57 bits per heavy atom. The Balaban J connectivity index is 2.68. The predicted octanol–water partition coefficient (Wildman–Crippen LogP) is 0.140. The first-order valence-corrected chi connectivity index (χ1v) is 2.56. The van der Waals surface area contributed by atoms with Crippen molar-refractivity contribution in [3.63, 3.8) is 0 Å². The van der Waals surface area contributed by atoms with Gasteiger partial charge in [0.25, 0.3) is 0 Å². The summed E-state index contributed by atoms with van der Waals surface area (Å²) in [5.41, 5.74) is 0. The van der Waals surface area contributed by atoms with E-state index in [9.17, 15) is 0 Å². The predicted molar refractivity (Wildman–Crippen MR) is 28.0 cm³/mol. The first-order chi connectivity index (χ1) is 3.27. The highest BCUT2D eigenvalue weighted by Crippen LogP contribution is 1.92. The lowest BCUT2D eigenvalue weighted by Crippen LogP contribution is -1.99. The molecule has 0 heterocycles. The van der Waals surface area contributed by atoms with Crippen LogP contribution in [0.5, 0.6) is 0 Å². The van der Waals surface area contributed by atoms with E-state index < -0.39 is 0 Å². The van der Waals surface area contributed by atoms with Gasteiger partial charge in [-0.25, -0.2) is 0 Å². The highest BCUT2D eigenvalue weighted by molar-refractivity contribution is 4.43. The van der Waals surface area contributed by atoms with Crippen LogP contribution >= 0.6 is 0 Å². The fraction of sp³-hybridized carbons (Fsp3) is 1.00. The summed E-state index contributed by atoms with van der Waals surface area (Å²) in [6.45, 7) is 1.90. The van der Waals surface area contributed by atoms with Gasteiger partial charge in [-0.3, -0.25) is 0 Å². The average Bonchev–Trinajstić information content (AvgIpc) is 1.61. The molecule has 0 saturated heterocycles. The Kier molecular flexibility index (Phi) is 4.04. The first-order valence-electron chi connectivity index (χ1n) is 2.56. The van der Waals surface area contributed by atoms with Gasteiger partial charge in [-0.05, 0) is 19.8 Å². The van der Waals surface area contributed by atoms with Crippen LogP contribution in [0.3, 0.4) is 0 Å². The van der Waals surface area contributed by atoms with E-state index in [2.05, 4.69) is 0 Å². The lowest BCUT2D eigenvalue weighted by atomic mass is 10.2. The highest BCUT2D eigenvalue weighted by atomic mass is 16.3. The average molecular weight is 104 g/mol. The zero-order valence-corrected chi connectivity index (χ0v) is 4.59. The molecule has 1 unspecified atom stereocenters. The van der Waals surface area contributed by atoms with Crippen molar-refractivity contribution in [1.82, 2.24) is 0 Å². The van der Waals surface area contributed by atoms with Crippen LogP contribution in [0.2, 0.25) is 0 Å². The van der Waals surface area contributed by atoms with Gasteiger partial charge in [-0.2, -0.15) is 0 Å². The lowest BCUT2D eigenvalue weighted by Gasteiger charge is -1.98. The molecule has 0 aliphatic rings. The second kappa shape index (κ2) is 4.09. The van der Waals surface area contributed by atoms with E-state index in [1.165, 1.54) is 0 Å². The van der Waals surface area contributed by atoms with E-state index in [0.29, 0.717) is 12.8 Å². The molecule has 0 amide bonds. The Labute approximate surface area is 43.8 Å². The van der Waals surface area contributed by atoms with Gasteiger partial charge in [0.2, 0.25) is 0 Å². The number of aliphatic hydroxyl groups is 2. The van der Waals surface area contributed by atoms with Gasteiger partial charge in [-0.15, -0.1) is 0 Å². The first kappa shape index (κ1) is 6.92. The van der Waals surface area contributed by atoms with E-state index in [1.54, 1.807) is 6.92 Å². The van der Waals surface area contributed by atoms with Crippen molar-refractivity contribution in [2.24, 2.45) is 0 Å². The van der Waals surface area contributed by atoms with Crippen LogP contribution in [-0.4, -0.2) is 22.9 Å². The molecule has 0 aromatic heterocycles. The van der Waals surface area contributed by atoms with Crippen molar-refractivity contribution < 1.29 is 10.2 Å². The van der Waals surface area contributed by atoms with Crippen LogP contribution in [0.4, 0.5) is 0 Å². The van der Waals surface area contributed by atoms with Gasteiger partial charge in [0.15, 0.2) is 0 Å². The molecule has 2 N–H and O–H groups in total. The Hall–Kier alpha value is -0.0800. The normalized spacial score (nSPS) is 14.1. The molecule has 0 radical (unpaired) electrons. The summed E-state index contributed by atoms with van der Waals surface area (Å²) in [6.07, 6.45) is 1.15. The van der Waals surface area contributed by atoms with E-state index in [4.69, 9.17) is 10.2 Å². The van der Waals surface area contributed by atoms with Crippen molar-refractivity contribution in [3.8, 4) is 0 Å². The molecule has 0 saturated carbocycles. The van der Waals surface area contributed by atoms with Crippen LogP contribution in [-0.2, 0) is 0 Å². The third-order valence-electron chi connectivity index (χ3n) is 0.780. The van der Waals surface area contributed by atoms with Crippen molar-refractivity contribution in [2.75, 3.05) is 6.61 Å². The largest absolute Gasteiger partial charge is 0.396 e. The van der Waals surface area contributed by atoms with E-state index >= 15 is 0 Å². The third-order valence-corrected chi connectivity index (χ3v) is 0.780. The zero-order chi connectivity index (χ0) is 5.70. The topological polar surface area (TPSA) is 40.5 Å². The summed E-state index contributed by atoms with van der Waals surface area (Å²) in [7, 11) is 0. The minimum atomic E-state index is -0.257. The second-order valence-corrected chi connectivity index (χ2v) is 1.71. The molecule has 2 heteroatoms. The van der Waals surface area contributed by atoms with Crippen LogP contribution < -0.4 is 0 Å². The minimum absolute atomic E-state index is 0.185. The Bertz CT molecular complexity index is 35.1. The maximum atomic E-state index is 8.57. The zero-order valence-electron chi connectivity index (χ0n) is 4.59. The SMILES string of the molecule is CC(O)CCCO. The van der Waals surface area contributed by atoms with Gasteiger partial charge in [0.1, 0.15) is 0 Å². The van der Waals surface area contributed by atoms with Crippen molar-refractivity contribution >= 4 is 0 Å².